The Labute approximate surface area is 167 Å². The third-order valence-electron chi connectivity index (χ3n) is 5.84. The number of amides is 2. The van der Waals surface area contributed by atoms with Gasteiger partial charge in [-0.15, -0.1) is 0 Å². The minimum Gasteiger partial charge on any atom is -0.464 e. The second kappa shape index (κ2) is 7.08. The Hall–Kier alpha value is -3.06. The van der Waals surface area contributed by atoms with Gasteiger partial charge in [-0.3, -0.25) is 19.8 Å². The molecule has 1 N–H and O–H groups in total. The highest BCUT2D eigenvalue weighted by molar-refractivity contribution is 6.09. The van der Waals surface area contributed by atoms with Crippen LogP contribution >= 0.6 is 0 Å². The molecule has 2 aromatic rings. The van der Waals surface area contributed by atoms with Crippen molar-refractivity contribution in [3.8, 4) is 0 Å². The smallest absolute Gasteiger partial charge is 0.331 e. The molecule has 0 aromatic heterocycles. The fourth-order valence-electron chi connectivity index (χ4n) is 4.52. The number of rotatable bonds is 4. The molecule has 4 rings (SSSR count). The van der Waals surface area contributed by atoms with Crippen LogP contribution in [-0.4, -0.2) is 36.3 Å². The highest BCUT2D eigenvalue weighted by atomic mass is 19.1. The second-order valence-electron chi connectivity index (χ2n) is 7.31. The number of hydrogen-bond acceptors (Lipinski definition) is 5. The van der Waals surface area contributed by atoms with Crippen molar-refractivity contribution in [2.45, 2.75) is 18.5 Å². The maximum atomic E-state index is 13.5. The molecule has 0 spiro atoms. The average Bonchev–Trinajstić information content (AvgIpc) is 3.20. The molecule has 0 saturated carbocycles. The number of esters is 1. The summed E-state index contributed by atoms with van der Waals surface area (Å²) in [5.41, 5.74) is -0.340. The van der Waals surface area contributed by atoms with E-state index in [0.717, 1.165) is 4.90 Å². The fourth-order valence-corrected chi connectivity index (χ4v) is 4.52. The maximum Gasteiger partial charge on any atom is 0.331 e. The normalized spacial score (nSPS) is 28.5. The SMILES string of the molecule is CCOC(=O)[C@]1(c2ccccc2)N[C@H](c2ccc(F)cc2)[C@@H]2C(=O)N(C)C(=O)[C@@H]21. The van der Waals surface area contributed by atoms with Crippen LogP contribution in [0.15, 0.2) is 54.6 Å². The molecular weight excluding hydrogens is 375 g/mol. The first kappa shape index (κ1) is 19.3. The molecule has 2 amide bonds. The van der Waals surface area contributed by atoms with Crippen LogP contribution in [0.4, 0.5) is 4.39 Å². The molecular formula is C22H21FN2O4. The molecule has 4 atom stereocenters. The number of carbonyl (C=O) groups is 3. The second-order valence-corrected chi connectivity index (χ2v) is 7.31. The van der Waals surface area contributed by atoms with Gasteiger partial charge >= 0.3 is 5.97 Å². The predicted octanol–water partition coefficient (Wildman–Crippen LogP) is 2.16. The highest BCUT2D eigenvalue weighted by Crippen LogP contribution is 2.53. The third kappa shape index (κ3) is 2.76. The molecule has 2 aromatic carbocycles. The van der Waals surface area contributed by atoms with Gasteiger partial charge < -0.3 is 4.74 Å². The highest BCUT2D eigenvalue weighted by Gasteiger charge is 2.69. The van der Waals surface area contributed by atoms with Crippen molar-refractivity contribution in [1.82, 2.24) is 10.2 Å². The summed E-state index contributed by atoms with van der Waals surface area (Å²) in [4.78, 5) is 40.5. The van der Waals surface area contributed by atoms with Crippen molar-refractivity contribution in [2.24, 2.45) is 11.8 Å². The topological polar surface area (TPSA) is 75.7 Å². The zero-order valence-electron chi connectivity index (χ0n) is 16.1. The van der Waals surface area contributed by atoms with E-state index in [1.54, 1.807) is 49.4 Å². The summed E-state index contributed by atoms with van der Waals surface area (Å²) < 4.78 is 18.8. The van der Waals surface area contributed by atoms with Gasteiger partial charge in [0.25, 0.3) is 0 Å². The van der Waals surface area contributed by atoms with E-state index in [9.17, 15) is 18.8 Å². The predicted molar refractivity (Wildman–Crippen MR) is 102 cm³/mol. The minimum absolute atomic E-state index is 0.131. The number of carbonyl (C=O) groups excluding carboxylic acids is 3. The van der Waals surface area contributed by atoms with E-state index < -0.39 is 41.1 Å². The lowest BCUT2D eigenvalue weighted by molar-refractivity contribution is -0.156. The molecule has 2 saturated heterocycles. The summed E-state index contributed by atoms with van der Waals surface area (Å²) in [6, 6.07) is 13.9. The van der Waals surface area contributed by atoms with Gasteiger partial charge in [-0.25, -0.2) is 9.18 Å². The van der Waals surface area contributed by atoms with Crippen LogP contribution < -0.4 is 5.32 Å². The molecule has 2 heterocycles. The Balaban J connectivity index is 1.93. The van der Waals surface area contributed by atoms with Gasteiger partial charge in [-0.1, -0.05) is 42.5 Å². The van der Waals surface area contributed by atoms with Crippen molar-refractivity contribution >= 4 is 17.8 Å². The van der Waals surface area contributed by atoms with E-state index in [4.69, 9.17) is 4.74 Å². The monoisotopic (exact) mass is 396 g/mol. The van der Waals surface area contributed by atoms with Gasteiger partial charge in [0, 0.05) is 13.1 Å². The van der Waals surface area contributed by atoms with Crippen LogP contribution in [-0.2, 0) is 24.7 Å². The number of likely N-dealkylation sites (tertiary alicyclic amines) is 1. The first-order valence-corrected chi connectivity index (χ1v) is 9.49. The van der Waals surface area contributed by atoms with Crippen molar-refractivity contribution in [3.05, 3.63) is 71.5 Å². The molecule has 7 heteroatoms. The van der Waals surface area contributed by atoms with Crippen LogP contribution in [0.1, 0.15) is 24.1 Å². The standard InChI is InChI=1S/C22H21FN2O4/c1-3-29-21(28)22(14-7-5-4-6-8-14)17-16(19(26)25(2)20(17)27)18(24-22)13-9-11-15(23)12-10-13/h4-12,16-18,24H,3H2,1-2H3/t16-,17-,18-,22-/m1/s1. The van der Waals surface area contributed by atoms with E-state index in [1.807, 2.05) is 0 Å². The van der Waals surface area contributed by atoms with Crippen molar-refractivity contribution in [3.63, 3.8) is 0 Å². The average molecular weight is 396 g/mol. The van der Waals surface area contributed by atoms with Crippen molar-refractivity contribution in [1.29, 1.82) is 0 Å². The lowest BCUT2D eigenvalue weighted by atomic mass is 9.75. The Morgan fingerprint density at radius 2 is 1.76 bits per heavy atom. The third-order valence-corrected chi connectivity index (χ3v) is 5.84. The quantitative estimate of drug-likeness (QED) is 0.633. The first-order chi connectivity index (χ1) is 13.9. The summed E-state index contributed by atoms with van der Waals surface area (Å²) in [6.45, 7) is 1.82. The van der Waals surface area contributed by atoms with E-state index in [-0.39, 0.29) is 12.5 Å². The number of hydrogen-bond donors (Lipinski definition) is 1. The van der Waals surface area contributed by atoms with Gasteiger partial charge in [0.15, 0.2) is 5.54 Å². The van der Waals surface area contributed by atoms with Gasteiger partial charge in [-0.2, -0.15) is 0 Å². The molecule has 0 radical (unpaired) electrons. The first-order valence-electron chi connectivity index (χ1n) is 9.49. The van der Waals surface area contributed by atoms with Gasteiger partial charge in [-0.05, 0) is 30.2 Å². The van der Waals surface area contributed by atoms with Crippen LogP contribution in [0.5, 0.6) is 0 Å². The molecule has 29 heavy (non-hydrogen) atoms. The number of halogens is 1. The minimum atomic E-state index is -1.52. The van der Waals surface area contributed by atoms with Crippen LogP contribution in [0.3, 0.4) is 0 Å². The number of ether oxygens (including phenoxy) is 1. The summed E-state index contributed by atoms with van der Waals surface area (Å²) in [7, 11) is 1.42. The van der Waals surface area contributed by atoms with E-state index in [0.29, 0.717) is 11.1 Å². The van der Waals surface area contributed by atoms with Crippen LogP contribution in [0.2, 0.25) is 0 Å². The molecule has 150 valence electrons. The molecule has 2 aliphatic rings. The Morgan fingerprint density at radius 3 is 2.38 bits per heavy atom. The largest absolute Gasteiger partial charge is 0.464 e. The lowest BCUT2D eigenvalue weighted by Crippen LogP contribution is -2.53. The van der Waals surface area contributed by atoms with E-state index in [2.05, 4.69) is 5.32 Å². The number of benzene rings is 2. The number of fused-ring (bicyclic) bond motifs is 1. The zero-order chi connectivity index (χ0) is 20.8. The van der Waals surface area contributed by atoms with Gasteiger partial charge in [0.05, 0.1) is 18.4 Å². The summed E-state index contributed by atoms with van der Waals surface area (Å²) in [5, 5.41) is 3.26. The summed E-state index contributed by atoms with van der Waals surface area (Å²) >= 11 is 0. The molecule has 0 aliphatic carbocycles. The molecule has 2 aliphatic heterocycles. The maximum absolute atomic E-state index is 13.5. The fraction of sp³-hybridized carbons (Fsp3) is 0.318. The van der Waals surface area contributed by atoms with Crippen LogP contribution in [0.25, 0.3) is 0 Å². The van der Waals surface area contributed by atoms with E-state index in [1.165, 1.54) is 19.2 Å². The van der Waals surface area contributed by atoms with Crippen molar-refractivity contribution in [2.75, 3.05) is 13.7 Å². The Bertz CT molecular complexity index is 963. The van der Waals surface area contributed by atoms with Crippen molar-refractivity contribution < 1.29 is 23.5 Å². The molecule has 0 unspecified atom stereocenters. The van der Waals surface area contributed by atoms with Crippen LogP contribution in [0, 0.1) is 17.7 Å². The Kier molecular flexibility index (Phi) is 4.70. The zero-order valence-corrected chi connectivity index (χ0v) is 16.1. The number of nitrogens with one attached hydrogen (secondary N) is 1. The Morgan fingerprint density at radius 1 is 1.10 bits per heavy atom. The lowest BCUT2D eigenvalue weighted by Gasteiger charge is -2.33. The number of nitrogens with zero attached hydrogens (tertiary/aromatic N) is 1. The number of imide groups is 1. The summed E-state index contributed by atoms with van der Waals surface area (Å²) in [5.74, 6) is -3.59. The molecule has 0 bridgehead atoms. The van der Waals surface area contributed by atoms with E-state index >= 15 is 0 Å². The molecule has 6 nitrogen and oxygen atoms in total. The van der Waals surface area contributed by atoms with Gasteiger partial charge in [0.1, 0.15) is 5.82 Å². The van der Waals surface area contributed by atoms with Gasteiger partial charge in [0.2, 0.25) is 11.8 Å². The molecule has 2 fully saturated rings. The summed E-state index contributed by atoms with van der Waals surface area (Å²) in [6.07, 6.45) is 0.